The average Bonchev–Trinajstić information content (AvgIpc) is 2.82. The highest BCUT2D eigenvalue weighted by Gasteiger charge is 2.55. The second-order valence-corrected chi connectivity index (χ2v) is 9.66. The number of amides is 1. The molecule has 1 aliphatic rings. The number of carbonyl (C=O) groups excluding carboxylic acids is 1. The Kier molecular flexibility index (Phi) is 6.50. The van der Waals surface area contributed by atoms with Crippen molar-refractivity contribution >= 4 is 15.9 Å². The van der Waals surface area contributed by atoms with Gasteiger partial charge in [0.15, 0.2) is 5.54 Å². The highest BCUT2D eigenvalue weighted by atomic mass is 32.2. The van der Waals surface area contributed by atoms with E-state index in [-0.39, 0.29) is 30.1 Å². The molecular formula is C23H17F4N5O3S. The fraction of sp³-hybridized carbons (Fsp3) is 0.217. The zero-order valence-electron chi connectivity index (χ0n) is 18.3. The maximum atomic E-state index is 13.2. The third-order valence-corrected chi connectivity index (χ3v) is 7.56. The first kappa shape index (κ1) is 25.2. The molecule has 0 aliphatic carbocycles. The minimum absolute atomic E-state index is 0.00406. The van der Waals surface area contributed by atoms with Gasteiger partial charge in [-0.05, 0) is 42.5 Å². The van der Waals surface area contributed by atoms with E-state index in [2.05, 4.69) is 26.2 Å². The van der Waals surface area contributed by atoms with Crippen molar-refractivity contribution in [1.29, 1.82) is 0 Å². The smallest absolute Gasteiger partial charge is 0.348 e. The standard InChI is InChI=1S/C23H17F4N5O3S/c1-2-22(9-10-32(22)36(34,35)18-6-4-16(24)5-7-18)21(33)29-13-17-11-19(31-14-30-17)15-3-8-20(28-12-15)23(25,26)27/h1,3-8,11-12,14H,9-10,13H2,(H,29,33). The van der Waals surface area contributed by atoms with Gasteiger partial charge in [0.25, 0.3) is 5.91 Å². The molecule has 1 fully saturated rings. The molecule has 36 heavy (non-hydrogen) atoms. The maximum Gasteiger partial charge on any atom is 0.433 e. The number of hydrogen-bond acceptors (Lipinski definition) is 6. The van der Waals surface area contributed by atoms with Crippen molar-refractivity contribution in [2.75, 3.05) is 6.54 Å². The van der Waals surface area contributed by atoms with Gasteiger partial charge < -0.3 is 5.32 Å². The van der Waals surface area contributed by atoms with Crippen molar-refractivity contribution in [3.8, 4) is 23.6 Å². The summed E-state index contributed by atoms with van der Waals surface area (Å²) in [7, 11) is -4.17. The molecule has 1 atom stereocenters. The largest absolute Gasteiger partial charge is 0.433 e. The first-order chi connectivity index (χ1) is 17.0. The molecule has 186 valence electrons. The van der Waals surface area contributed by atoms with Crippen molar-refractivity contribution < 1.29 is 30.8 Å². The van der Waals surface area contributed by atoms with Gasteiger partial charge in [0.05, 0.1) is 22.8 Å². The lowest BCUT2D eigenvalue weighted by Gasteiger charge is -2.46. The molecule has 1 amide bonds. The normalized spacial score (nSPS) is 18.2. The summed E-state index contributed by atoms with van der Waals surface area (Å²) < 4.78 is 78.3. The number of terminal acetylenes is 1. The fourth-order valence-electron chi connectivity index (χ4n) is 3.60. The number of sulfonamides is 1. The third kappa shape index (κ3) is 4.65. The van der Waals surface area contributed by atoms with E-state index in [0.717, 1.165) is 40.8 Å². The maximum absolute atomic E-state index is 13.2. The summed E-state index contributed by atoms with van der Waals surface area (Å²) in [5.74, 6) is 0.903. The van der Waals surface area contributed by atoms with Crippen LogP contribution in [0.1, 0.15) is 17.8 Å². The van der Waals surface area contributed by atoms with Crippen LogP contribution in [0.3, 0.4) is 0 Å². The van der Waals surface area contributed by atoms with Gasteiger partial charge >= 0.3 is 6.18 Å². The number of nitrogens with one attached hydrogen (secondary N) is 1. The predicted molar refractivity (Wildman–Crippen MR) is 119 cm³/mol. The van der Waals surface area contributed by atoms with E-state index in [0.29, 0.717) is 11.3 Å². The molecule has 1 unspecified atom stereocenters. The molecule has 0 bridgehead atoms. The topological polar surface area (TPSA) is 105 Å². The zero-order chi connectivity index (χ0) is 26.1. The number of alkyl halides is 3. The molecule has 0 spiro atoms. The van der Waals surface area contributed by atoms with Gasteiger partial charge in [-0.3, -0.25) is 9.78 Å². The Balaban J connectivity index is 1.49. The Morgan fingerprint density at radius 2 is 1.86 bits per heavy atom. The van der Waals surface area contributed by atoms with Crippen LogP contribution in [0.5, 0.6) is 0 Å². The molecule has 3 heterocycles. The molecule has 8 nitrogen and oxygen atoms in total. The lowest BCUT2D eigenvalue weighted by Crippen LogP contribution is -2.68. The molecule has 4 rings (SSSR count). The summed E-state index contributed by atoms with van der Waals surface area (Å²) in [6.45, 7) is -0.161. The zero-order valence-corrected chi connectivity index (χ0v) is 19.1. The second kappa shape index (κ2) is 9.29. The quantitative estimate of drug-likeness (QED) is 0.397. The summed E-state index contributed by atoms with van der Waals surface area (Å²) in [6, 6.07) is 7.62. The molecule has 0 radical (unpaired) electrons. The van der Waals surface area contributed by atoms with Crippen LogP contribution in [0.2, 0.25) is 0 Å². The SMILES string of the molecule is C#CC1(C(=O)NCc2cc(-c3ccc(C(F)(F)F)nc3)ncn2)CCN1S(=O)(=O)c1ccc(F)cc1. The van der Waals surface area contributed by atoms with Crippen LogP contribution in [0, 0.1) is 18.2 Å². The summed E-state index contributed by atoms with van der Waals surface area (Å²) in [5, 5.41) is 2.56. The van der Waals surface area contributed by atoms with Crippen molar-refractivity contribution in [2.45, 2.75) is 29.6 Å². The molecule has 1 saturated heterocycles. The monoisotopic (exact) mass is 519 g/mol. The van der Waals surface area contributed by atoms with E-state index in [1.165, 1.54) is 18.5 Å². The molecule has 0 saturated carbocycles. The first-order valence-corrected chi connectivity index (χ1v) is 11.8. The Morgan fingerprint density at radius 3 is 2.42 bits per heavy atom. The Labute approximate surface area is 203 Å². The fourth-order valence-corrected chi connectivity index (χ4v) is 5.31. The predicted octanol–water partition coefficient (Wildman–Crippen LogP) is 2.78. The van der Waals surface area contributed by atoms with Crippen LogP contribution in [0.4, 0.5) is 17.6 Å². The minimum atomic E-state index is -4.58. The van der Waals surface area contributed by atoms with E-state index in [9.17, 15) is 30.8 Å². The number of aromatic nitrogens is 3. The third-order valence-electron chi connectivity index (χ3n) is 5.62. The van der Waals surface area contributed by atoms with Gasteiger partial charge in [-0.25, -0.2) is 22.8 Å². The van der Waals surface area contributed by atoms with Crippen LogP contribution in [-0.2, 0) is 27.5 Å². The number of hydrogen-bond donors (Lipinski definition) is 1. The lowest BCUT2D eigenvalue weighted by atomic mass is 9.87. The summed E-state index contributed by atoms with van der Waals surface area (Å²) >= 11 is 0. The molecular weight excluding hydrogens is 502 g/mol. The van der Waals surface area contributed by atoms with Gasteiger partial charge in [0, 0.05) is 24.7 Å². The number of rotatable bonds is 6. The van der Waals surface area contributed by atoms with E-state index < -0.39 is 39.2 Å². The van der Waals surface area contributed by atoms with E-state index in [1.54, 1.807) is 0 Å². The average molecular weight is 519 g/mol. The number of nitrogens with zero attached hydrogens (tertiary/aromatic N) is 4. The van der Waals surface area contributed by atoms with Gasteiger partial charge in [-0.15, -0.1) is 6.42 Å². The molecule has 1 N–H and O–H groups in total. The number of pyridine rings is 1. The van der Waals surface area contributed by atoms with Crippen LogP contribution in [0.25, 0.3) is 11.3 Å². The van der Waals surface area contributed by atoms with Gasteiger partial charge in [0.2, 0.25) is 10.0 Å². The molecule has 2 aromatic heterocycles. The highest BCUT2D eigenvalue weighted by Crippen LogP contribution is 2.36. The van der Waals surface area contributed by atoms with Crippen molar-refractivity contribution in [2.24, 2.45) is 0 Å². The van der Waals surface area contributed by atoms with Crippen molar-refractivity contribution in [1.82, 2.24) is 24.6 Å². The van der Waals surface area contributed by atoms with Gasteiger partial charge in [-0.2, -0.15) is 17.5 Å². The van der Waals surface area contributed by atoms with Crippen LogP contribution in [-0.4, -0.2) is 45.7 Å². The van der Waals surface area contributed by atoms with Crippen LogP contribution >= 0.6 is 0 Å². The number of halogens is 4. The van der Waals surface area contributed by atoms with Crippen molar-refractivity contribution in [3.05, 3.63) is 72.2 Å². The van der Waals surface area contributed by atoms with Gasteiger partial charge in [-0.1, -0.05) is 5.92 Å². The Morgan fingerprint density at radius 1 is 1.14 bits per heavy atom. The Bertz CT molecular complexity index is 1440. The van der Waals surface area contributed by atoms with Crippen molar-refractivity contribution in [3.63, 3.8) is 0 Å². The number of benzene rings is 1. The van der Waals surface area contributed by atoms with E-state index in [1.807, 2.05) is 0 Å². The summed E-state index contributed by atoms with van der Waals surface area (Å²) in [4.78, 5) is 24.2. The summed E-state index contributed by atoms with van der Waals surface area (Å²) in [6.07, 6.45) is 3.26. The second-order valence-electron chi connectivity index (χ2n) is 7.79. The molecule has 1 aromatic carbocycles. The van der Waals surface area contributed by atoms with Crippen LogP contribution in [0.15, 0.2) is 59.9 Å². The number of carbonyl (C=O) groups is 1. The molecule has 3 aromatic rings. The van der Waals surface area contributed by atoms with Crippen LogP contribution < -0.4 is 5.32 Å². The molecule has 13 heteroatoms. The summed E-state index contributed by atoms with van der Waals surface area (Å²) in [5.41, 5.74) is -1.96. The Hall–Kier alpha value is -3.89. The van der Waals surface area contributed by atoms with E-state index in [4.69, 9.17) is 6.42 Å². The van der Waals surface area contributed by atoms with Gasteiger partial charge in [0.1, 0.15) is 17.8 Å². The first-order valence-electron chi connectivity index (χ1n) is 10.4. The highest BCUT2D eigenvalue weighted by molar-refractivity contribution is 7.89. The molecule has 1 aliphatic heterocycles. The lowest BCUT2D eigenvalue weighted by molar-refractivity contribution is -0.141. The van der Waals surface area contributed by atoms with E-state index >= 15 is 0 Å². The minimum Gasteiger partial charge on any atom is -0.348 e.